The minimum Gasteiger partial charge on any atom is -0.497 e. The first-order chi connectivity index (χ1) is 13.8. The van der Waals surface area contributed by atoms with E-state index in [1.807, 2.05) is 31.2 Å². The van der Waals surface area contributed by atoms with E-state index in [2.05, 4.69) is 20.5 Å². The number of anilines is 1. The second-order valence-corrected chi connectivity index (χ2v) is 6.96. The van der Waals surface area contributed by atoms with Crippen LogP contribution in [0.25, 0.3) is 11.2 Å². The third-order valence-corrected chi connectivity index (χ3v) is 4.55. The molecular formula is C19H21ClN6O3. The van der Waals surface area contributed by atoms with Crippen LogP contribution in [0.4, 0.5) is 5.95 Å². The Kier molecular flexibility index (Phi) is 5.88. The van der Waals surface area contributed by atoms with Gasteiger partial charge in [0.25, 0.3) is 5.56 Å². The van der Waals surface area contributed by atoms with Gasteiger partial charge in [0, 0.05) is 18.6 Å². The van der Waals surface area contributed by atoms with Crippen molar-refractivity contribution in [3.8, 4) is 5.75 Å². The van der Waals surface area contributed by atoms with Crippen molar-refractivity contribution in [3.05, 3.63) is 61.8 Å². The van der Waals surface area contributed by atoms with Crippen molar-refractivity contribution >= 4 is 34.4 Å². The summed E-state index contributed by atoms with van der Waals surface area (Å²) in [5.41, 5.74) is 3.92. The van der Waals surface area contributed by atoms with Gasteiger partial charge in [0.15, 0.2) is 11.2 Å². The molecule has 0 bridgehead atoms. The average Bonchev–Trinajstić information content (AvgIpc) is 3.08. The summed E-state index contributed by atoms with van der Waals surface area (Å²) in [7, 11) is 3.14. The number of aromatic amines is 1. The number of hydrazone groups is 1. The van der Waals surface area contributed by atoms with E-state index in [-0.39, 0.29) is 17.7 Å². The number of imidazole rings is 1. The van der Waals surface area contributed by atoms with E-state index in [0.717, 1.165) is 11.3 Å². The molecule has 152 valence electrons. The lowest BCUT2D eigenvalue weighted by Gasteiger charge is -2.07. The molecule has 1 aromatic carbocycles. The Labute approximate surface area is 171 Å². The van der Waals surface area contributed by atoms with Crippen molar-refractivity contribution in [1.82, 2.24) is 19.1 Å². The van der Waals surface area contributed by atoms with E-state index in [4.69, 9.17) is 16.3 Å². The van der Waals surface area contributed by atoms with Crippen molar-refractivity contribution < 1.29 is 4.74 Å². The van der Waals surface area contributed by atoms with Gasteiger partial charge in [-0.1, -0.05) is 17.7 Å². The number of aromatic nitrogens is 4. The molecule has 0 fully saturated rings. The van der Waals surface area contributed by atoms with Crippen LogP contribution in [0.5, 0.6) is 5.75 Å². The number of rotatable bonds is 6. The Morgan fingerprint density at radius 1 is 1.31 bits per heavy atom. The summed E-state index contributed by atoms with van der Waals surface area (Å²) >= 11 is 5.95. The summed E-state index contributed by atoms with van der Waals surface area (Å²) in [6.45, 7) is 3.86. The van der Waals surface area contributed by atoms with Crippen LogP contribution in [0.3, 0.4) is 0 Å². The number of fused-ring (bicyclic) bond motifs is 1. The zero-order chi connectivity index (χ0) is 21.1. The first kappa shape index (κ1) is 20.4. The van der Waals surface area contributed by atoms with Crippen LogP contribution in [0.1, 0.15) is 19.4 Å². The van der Waals surface area contributed by atoms with E-state index >= 15 is 0 Å². The molecule has 29 heavy (non-hydrogen) atoms. The fourth-order valence-electron chi connectivity index (χ4n) is 2.75. The van der Waals surface area contributed by atoms with Gasteiger partial charge in [0.05, 0.1) is 12.8 Å². The standard InChI is InChI=1S/C19H21ClN6O3/c1-11(20)9-10-26-15-16(25(3)19(28)22-17(15)27)21-18(26)24-23-12(2)13-5-7-14(29-4)8-6-13/h5-9H,10H2,1-4H3,(H,21,24)(H,22,27,28). The summed E-state index contributed by atoms with van der Waals surface area (Å²) in [6.07, 6.45) is 1.73. The minimum atomic E-state index is -0.541. The summed E-state index contributed by atoms with van der Waals surface area (Å²) in [5.74, 6) is 1.06. The third-order valence-electron chi connectivity index (χ3n) is 4.39. The number of benzene rings is 1. The van der Waals surface area contributed by atoms with Crippen LogP contribution in [0.15, 0.2) is 50.1 Å². The number of H-pyrrole nitrogens is 1. The molecular weight excluding hydrogens is 396 g/mol. The molecule has 0 unspecified atom stereocenters. The lowest BCUT2D eigenvalue weighted by molar-refractivity contribution is 0.415. The highest BCUT2D eigenvalue weighted by atomic mass is 35.5. The second kappa shape index (κ2) is 8.36. The SMILES string of the molecule is COc1ccc(C(C)=NNc2nc3c(c(=O)[nH]c(=O)n3C)n2CC=C(C)Cl)cc1. The van der Waals surface area contributed by atoms with E-state index in [1.165, 1.54) is 11.6 Å². The lowest BCUT2D eigenvalue weighted by atomic mass is 10.1. The van der Waals surface area contributed by atoms with Gasteiger partial charge in [0.2, 0.25) is 5.95 Å². The minimum absolute atomic E-state index is 0.249. The van der Waals surface area contributed by atoms with Crippen molar-refractivity contribution in [2.24, 2.45) is 12.1 Å². The van der Waals surface area contributed by atoms with Gasteiger partial charge in [-0.05, 0) is 43.7 Å². The fraction of sp³-hybridized carbons (Fsp3) is 0.263. The van der Waals surface area contributed by atoms with Gasteiger partial charge in [-0.3, -0.25) is 18.9 Å². The normalized spacial score (nSPS) is 12.4. The number of hydrogen-bond donors (Lipinski definition) is 2. The van der Waals surface area contributed by atoms with E-state index < -0.39 is 11.2 Å². The molecule has 0 aliphatic carbocycles. The Balaban J connectivity index is 2.05. The van der Waals surface area contributed by atoms with Crippen molar-refractivity contribution in [2.75, 3.05) is 12.5 Å². The smallest absolute Gasteiger partial charge is 0.329 e. The van der Waals surface area contributed by atoms with Crippen LogP contribution in [-0.2, 0) is 13.6 Å². The summed E-state index contributed by atoms with van der Waals surface area (Å²) in [4.78, 5) is 31.0. The van der Waals surface area contributed by atoms with E-state index in [9.17, 15) is 9.59 Å². The highest BCUT2D eigenvalue weighted by Crippen LogP contribution is 2.17. The van der Waals surface area contributed by atoms with Gasteiger partial charge in [-0.25, -0.2) is 10.2 Å². The summed E-state index contributed by atoms with van der Waals surface area (Å²) < 4.78 is 8.05. The molecule has 0 aliphatic heterocycles. The number of nitrogens with zero attached hydrogens (tertiary/aromatic N) is 4. The monoisotopic (exact) mass is 416 g/mol. The molecule has 0 saturated heterocycles. The molecule has 3 rings (SSSR count). The summed E-state index contributed by atoms with van der Waals surface area (Å²) in [6, 6.07) is 7.45. The fourth-order valence-corrected chi connectivity index (χ4v) is 2.81. The zero-order valence-electron chi connectivity index (χ0n) is 16.5. The highest BCUT2D eigenvalue weighted by molar-refractivity contribution is 6.29. The molecule has 3 aromatic rings. The topological polar surface area (TPSA) is 106 Å². The largest absolute Gasteiger partial charge is 0.497 e. The number of ether oxygens (including phenoxy) is 1. The number of halogens is 1. The number of methoxy groups -OCH3 is 1. The predicted molar refractivity (Wildman–Crippen MR) is 114 cm³/mol. The maximum atomic E-state index is 12.4. The van der Waals surface area contributed by atoms with Gasteiger partial charge < -0.3 is 4.74 Å². The molecule has 2 heterocycles. The second-order valence-electron chi connectivity index (χ2n) is 6.36. The first-order valence-electron chi connectivity index (χ1n) is 8.78. The van der Waals surface area contributed by atoms with Gasteiger partial charge in [-0.15, -0.1) is 0 Å². The molecule has 9 nitrogen and oxygen atoms in total. The zero-order valence-corrected chi connectivity index (χ0v) is 17.2. The van der Waals surface area contributed by atoms with Crippen LogP contribution in [-0.4, -0.2) is 31.9 Å². The number of nitrogens with one attached hydrogen (secondary N) is 2. The average molecular weight is 417 g/mol. The lowest BCUT2D eigenvalue weighted by Crippen LogP contribution is -2.29. The van der Waals surface area contributed by atoms with Crippen LogP contribution in [0.2, 0.25) is 0 Å². The van der Waals surface area contributed by atoms with E-state index in [1.54, 1.807) is 24.7 Å². The number of hydrogen-bond acceptors (Lipinski definition) is 6. The number of allylic oxidation sites excluding steroid dienone is 2. The molecule has 0 spiro atoms. The molecule has 0 aliphatic rings. The summed E-state index contributed by atoms with van der Waals surface area (Å²) in [5, 5.41) is 4.94. The Hall–Kier alpha value is -3.33. The van der Waals surface area contributed by atoms with Gasteiger partial charge >= 0.3 is 5.69 Å². The Morgan fingerprint density at radius 3 is 2.62 bits per heavy atom. The third kappa shape index (κ3) is 4.24. The van der Waals surface area contributed by atoms with Gasteiger partial charge in [-0.2, -0.15) is 10.1 Å². The van der Waals surface area contributed by atoms with Gasteiger partial charge in [0.1, 0.15) is 5.75 Å². The molecule has 0 atom stereocenters. The molecule has 2 N–H and O–H groups in total. The number of aryl methyl sites for hydroxylation is 1. The van der Waals surface area contributed by atoms with Crippen LogP contribution >= 0.6 is 11.6 Å². The van der Waals surface area contributed by atoms with Crippen molar-refractivity contribution in [1.29, 1.82) is 0 Å². The molecule has 0 amide bonds. The quantitative estimate of drug-likeness (QED) is 0.474. The Morgan fingerprint density at radius 2 is 2.00 bits per heavy atom. The molecule has 0 saturated carbocycles. The van der Waals surface area contributed by atoms with Crippen LogP contribution in [0, 0.1) is 0 Å². The molecule has 10 heteroatoms. The predicted octanol–water partition coefficient (Wildman–Crippen LogP) is 2.41. The Bertz CT molecular complexity index is 1210. The molecule has 2 aromatic heterocycles. The first-order valence-corrected chi connectivity index (χ1v) is 9.16. The van der Waals surface area contributed by atoms with Crippen LogP contribution < -0.4 is 21.4 Å². The maximum absolute atomic E-state index is 12.4. The highest BCUT2D eigenvalue weighted by Gasteiger charge is 2.16. The van der Waals surface area contributed by atoms with Crippen molar-refractivity contribution in [2.45, 2.75) is 20.4 Å². The van der Waals surface area contributed by atoms with Crippen molar-refractivity contribution in [3.63, 3.8) is 0 Å². The maximum Gasteiger partial charge on any atom is 0.329 e. The molecule has 0 radical (unpaired) electrons. The van der Waals surface area contributed by atoms with E-state index in [0.29, 0.717) is 16.7 Å².